The lowest BCUT2D eigenvalue weighted by molar-refractivity contribution is -0.115. The zero-order chi connectivity index (χ0) is 21.0. The number of nitrogens with zero attached hydrogens (tertiary/aromatic N) is 1. The van der Waals surface area contributed by atoms with Gasteiger partial charge in [0.15, 0.2) is 0 Å². The number of benzene rings is 2. The molecule has 1 saturated heterocycles. The number of nitrogens with one attached hydrogen (secondary N) is 2. The van der Waals surface area contributed by atoms with Crippen LogP contribution < -0.4 is 10.6 Å². The quantitative estimate of drug-likeness (QED) is 0.722. The second-order valence-electron chi connectivity index (χ2n) is 6.69. The summed E-state index contributed by atoms with van der Waals surface area (Å²) in [4.78, 5) is 24.3. The van der Waals surface area contributed by atoms with Gasteiger partial charge in [-0.05, 0) is 49.2 Å². The van der Waals surface area contributed by atoms with E-state index in [0.29, 0.717) is 30.9 Å². The molecule has 1 aliphatic heterocycles. The minimum Gasteiger partial charge on any atom is -0.326 e. The van der Waals surface area contributed by atoms with Crippen molar-refractivity contribution in [3.8, 4) is 0 Å². The highest BCUT2D eigenvalue weighted by Gasteiger charge is 2.28. The van der Waals surface area contributed by atoms with E-state index in [1.54, 1.807) is 31.2 Å². The molecule has 2 aromatic rings. The molecule has 0 bridgehead atoms. The number of amides is 2. The maximum atomic E-state index is 12.8. The van der Waals surface area contributed by atoms with E-state index in [2.05, 4.69) is 10.6 Å². The molecule has 1 aliphatic rings. The Labute approximate surface area is 175 Å². The van der Waals surface area contributed by atoms with Crippen molar-refractivity contribution in [1.82, 2.24) is 4.31 Å². The van der Waals surface area contributed by atoms with Crippen molar-refractivity contribution in [3.05, 3.63) is 53.1 Å². The Kier molecular flexibility index (Phi) is 6.56. The van der Waals surface area contributed by atoms with Crippen LogP contribution in [0.25, 0.3) is 0 Å². The zero-order valence-electron chi connectivity index (χ0n) is 15.9. The molecule has 9 heteroatoms. The monoisotopic (exact) mass is 435 g/mol. The van der Waals surface area contributed by atoms with Gasteiger partial charge in [0, 0.05) is 30.9 Å². The first kappa shape index (κ1) is 21.3. The number of halogens is 1. The summed E-state index contributed by atoms with van der Waals surface area (Å²) in [6.45, 7) is 2.69. The van der Waals surface area contributed by atoms with Gasteiger partial charge in [-0.2, -0.15) is 4.31 Å². The largest absolute Gasteiger partial charge is 0.326 e. The van der Waals surface area contributed by atoms with Crippen molar-refractivity contribution >= 4 is 44.8 Å². The summed E-state index contributed by atoms with van der Waals surface area (Å²) in [5.74, 6) is -0.677. The van der Waals surface area contributed by atoms with Gasteiger partial charge < -0.3 is 10.6 Å². The van der Waals surface area contributed by atoms with E-state index in [9.17, 15) is 18.0 Å². The third kappa shape index (κ3) is 4.95. The molecular formula is C20H22ClN3O4S. The summed E-state index contributed by atoms with van der Waals surface area (Å²) in [5, 5.41) is 5.56. The number of hydrogen-bond donors (Lipinski definition) is 2. The van der Waals surface area contributed by atoms with Crippen LogP contribution in [0.3, 0.4) is 0 Å². The van der Waals surface area contributed by atoms with E-state index in [0.717, 1.165) is 12.8 Å². The van der Waals surface area contributed by atoms with Crippen molar-refractivity contribution in [3.63, 3.8) is 0 Å². The van der Waals surface area contributed by atoms with Gasteiger partial charge in [0.05, 0.1) is 15.5 Å². The molecule has 0 atom stereocenters. The lowest BCUT2D eigenvalue weighted by Gasteiger charge is -2.16. The van der Waals surface area contributed by atoms with Gasteiger partial charge in [0.1, 0.15) is 0 Å². The standard InChI is InChI=1S/C20H22ClN3O4S/c1-2-19(25)22-14-6-5-7-15(12-14)23-20(26)17-13-16(8-9-18(17)21)29(27,28)24-10-3-4-11-24/h5-9,12-13H,2-4,10-11H2,1H3,(H,22,25)(H,23,26). The second kappa shape index (κ2) is 8.94. The Balaban J connectivity index is 1.83. The summed E-state index contributed by atoms with van der Waals surface area (Å²) in [5.41, 5.74) is 1.06. The van der Waals surface area contributed by atoms with Crippen LogP contribution in [-0.4, -0.2) is 37.6 Å². The maximum Gasteiger partial charge on any atom is 0.257 e. The van der Waals surface area contributed by atoms with Crippen LogP contribution in [0.15, 0.2) is 47.4 Å². The number of hydrogen-bond acceptors (Lipinski definition) is 4. The van der Waals surface area contributed by atoms with Crippen molar-refractivity contribution in [1.29, 1.82) is 0 Å². The zero-order valence-corrected chi connectivity index (χ0v) is 17.5. The first-order chi connectivity index (χ1) is 13.8. The first-order valence-electron chi connectivity index (χ1n) is 9.32. The molecule has 0 aromatic heterocycles. The number of anilines is 2. The third-order valence-corrected chi connectivity index (χ3v) is 6.83. The number of sulfonamides is 1. The van der Waals surface area contributed by atoms with Gasteiger partial charge in [-0.15, -0.1) is 0 Å². The van der Waals surface area contributed by atoms with E-state index in [4.69, 9.17) is 11.6 Å². The van der Waals surface area contributed by atoms with Crippen LogP contribution in [0, 0.1) is 0 Å². The second-order valence-corrected chi connectivity index (χ2v) is 9.03. The molecule has 0 radical (unpaired) electrons. The van der Waals surface area contributed by atoms with E-state index in [-0.39, 0.29) is 21.4 Å². The van der Waals surface area contributed by atoms with Crippen molar-refractivity contribution < 1.29 is 18.0 Å². The van der Waals surface area contributed by atoms with Crippen molar-refractivity contribution in [2.24, 2.45) is 0 Å². The van der Waals surface area contributed by atoms with Crippen LogP contribution in [0.4, 0.5) is 11.4 Å². The maximum absolute atomic E-state index is 12.8. The molecule has 29 heavy (non-hydrogen) atoms. The Morgan fingerprint density at radius 2 is 1.69 bits per heavy atom. The smallest absolute Gasteiger partial charge is 0.257 e. The highest BCUT2D eigenvalue weighted by molar-refractivity contribution is 7.89. The molecule has 0 spiro atoms. The van der Waals surface area contributed by atoms with Crippen LogP contribution in [-0.2, 0) is 14.8 Å². The van der Waals surface area contributed by atoms with Crippen molar-refractivity contribution in [2.75, 3.05) is 23.7 Å². The van der Waals surface area contributed by atoms with Gasteiger partial charge >= 0.3 is 0 Å². The average Bonchev–Trinajstić information content (AvgIpc) is 3.24. The minimum atomic E-state index is -3.66. The molecule has 7 nitrogen and oxygen atoms in total. The average molecular weight is 436 g/mol. The Morgan fingerprint density at radius 3 is 2.34 bits per heavy atom. The molecule has 0 aliphatic carbocycles. The fourth-order valence-corrected chi connectivity index (χ4v) is 4.79. The Morgan fingerprint density at radius 1 is 1.03 bits per heavy atom. The van der Waals surface area contributed by atoms with E-state index < -0.39 is 15.9 Å². The molecule has 0 unspecified atom stereocenters. The summed E-state index contributed by atoms with van der Waals surface area (Å²) in [6.07, 6.45) is 1.99. The molecule has 1 heterocycles. The highest BCUT2D eigenvalue weighted by Crippen LogP contribution is 2.26. The molecule has 0 saturated carbocycles. The summed E-state index contributed by atoms with van der Waals surface area (Å²) >= 11 is 6.16. The highest BCUT2D eigenvalue weighted by atomic mass is 35.5. The normalized spacial score (nSPS) is 14.6. The number of rotatable bonds is 6. The van der Waals surface area contributed by atoms with E-state index >= 15 is 0 Å². The molecule has 2 aromatic carbocycles. The van der Waals surface area contributed by atoms with Gasteiger partial charge in [0.25, 0.3) is 5.91 Å². The van der Waals surface area contributed by atoms with Crippen LogP contribution in [0.5, 0.6) is 0 Å². The van der Waals surface area contributed by atoms with Gasteiger partial charge in [0.2, 0.25) is 15.9 Å². The molecule has 2 amide bonds. The van der Waals surface area contributed by atoms with Gasteiger partial charge in [-0.25, -0.2) is 8.42 Å². The Hall–Kier alpha value is -2.42. The number of carbonyl (C=O) groups excluding carboxylic acids is 2. The van der Waals surface area contributed by atoms with Gasteiger partial charge in [-0.1, -0.05) is 24.6 Å². The van der Waals surface area contributed by atoms with Crippen molar-refractivity contribution in [2.45, 2.75) is 31.1 Å². The summed E-state index contributed by atoms with van der Waals surface area (Å²) in [7, 11) is -3.66. The van der Waals surface area contributed by atoms with Crippen LogP contribution in [0.1, 0.15) is 36.5 Å². The lowest BCUT2D eigenvalue weighted by Crippen LogP contribution is -2.28. The lowest BCUT2D eigenvalue weighted by atomic mass is 10.2. The molecule has 1 fully saturated rings. The number of carbonyl (C=O) groups is 2. The van der Waals surface area contributed by atoms with Gasteiger partial charge in [-0.3, -0.25) is 9.59 Å². The van der Waals surface area contributed by atoms with E-state index in [1.165, 1.54) is 22.5 Å². The van der Waals surface area contributed by atoms with Crippen LogP contribution in [0.2, 0.25) is 5.02 Å². The summed E-state index contributed by atoms with van der Waals surface area (Å²) < 4.78 is 26.9. The topological polar surface area (TPSA) is 95.6 Å². The predicted octanol–water partition coefficient (Wildman–Crippen LogP) is 3.73. The Bertz CT molecular complexity index is 1030. The minimum absolute atomic E-state index is 0.0397. The SMILES string of the molecule is CCC(=O)Nc1cccc(NC(=O)c2cc(S(=O)(=O)N3CCCC3)ccc2Cl)c1. The first-order valence-corrected chi connectivity index (χ1v) is 11.1. The fourth-order valence-electron chi connectivity index (χ4n) is 3.04. The fraction of sp³-hybridized carbons (Fsp3) is 0.300. The molecule has 2 N–H and O–H groups in total. The summed E-state index contributed by atoms with van der Waals surface area (Å²) in [6, 6.07) is 10.8. The molecule has 154 valence electrons. The molecular weight excluding hydrogens is 414 g/mol. The van der Waals surface area contributed by atoms with E-state index in [1.807, 2.05) is 0 Å². The predicted molar refractivity (Wildman–Crippen MR) is 113 cm³/mol. The van der Waals surface area contributed by atoms with Crippen LogP contribution >= 0.6 is 11.6 Å². The molecule has 3 rings (SSSR count). The third-order valence-electron chi connectivity index (χ3n) is 4.61.